The normalized spacial score (nSPS) is 32.5. The van der Waals surface area contributed by atoms with Crippen LogP contribution in [0.5, 0.6) is 0 Å². The van der Waals surface area contributed by atoms with Crippen molar-refractivity contribution in [2.24, 2.45) is 11.7 Å². The molecule has 1 aliphatic rings. The second-order valence-electron chi connectivity index (χ2n) is 3.91. The van der Waals surface area contributed by atoms with Gasteiger partial charge >= 0.3 is 0 Å². The SMILES string of the molecule is CCC(CN)C1(O)CCCOCC1. The van der Waals surface area contributed by atoms with Gasteiger partial charge in [-0.15, -0.1) is 0 Å². The molecule has 1 aliphatic heterocycles. The molecule has 3 heteroatoms. The van der Waals surface area contributed by atoms with Crippen LogP contribution in [0.25, 0.3) is 0 Å². The van der Waals surface area contributed by atoms with E-state index in [1.54, 1.807) is 0 Å². The van der Waals surface area contributed by atoms with Crippen LogP contribution < -0.4 is 5.73 Å². The van der Waals surface area contributed by atoms with Crippen LogP contribution in [0, 0.1) is 5.92 Å². The Hall–Kier alpha value is -0.120. The van der Waals surface area contributed by atoms with Gasteiger partial charge < -0.3 is 15.6 Å². The molecule has 3 N–H and O–H groups in total. The topological polar surface area (TPSA) is 55.5 Å². The summed E-state index contributed by atoms with van der Waals surface area (Å²) in [5.74, 6) is 0.231. The Kier molecular flexibility index (Phi) is 4.16. The van der Waals surface area contributed by atoms with Gasteiger partial charge in [0.05, 0.1) is 5.60 Å². The second-order valence-corrected chi connectivity index (χ2v) is 3.91. The smallest absolute Gasteiger partial charge is 0.0710 e. The number of hydrogen-bond acceptors (Lipinski definition) is 3. The Morgan fingerprint density at radius 3 is 2.85 bits per heavy atom. The summed E-state index contributed by atoms with van der Waals surface area (Å²) >= 11 is 0. The summed E-state index contributed by atoms with van der Waals surface area (Å²) in [4.78, 5) is 0. The standard InChI is InChI=1S/C10H21NO2/c1-2-9(8-11)10(12)4-3-6-13-7-5-10/h9,12H,2-8,11H2,1H3. The summed E-state index contributed by atoms with van der Waals surface area (Å²) in [6.07, 6.45) is 3.48. The quantitative estimate of drug-likeness (QED) is 0.690. The highest BCUT2D eigenvalue weighted by Gasteiger charge is 2.35. The lowest BCUT2D eigenvalue weighted by Crippen LogP contribution is -2.41. The van der Waals surface area contributed by atoms with E-state index in [4.69, 9.17) is 10.5 Å². The fraction of sp³-hybridized carbons (Fsp3) is 1.00. The molecule has 0 aliphatic carbocycles. The van der Waals surface area contributed by atoms with Gasteiger partial charge in [-0.2, -0.15) is 0 Å². The molecular formula is C10H21NO2. The minimum absolute atomic E-state index is 0.231. The molecule has 0 aromatic carbocycles. The van der Waals surface area contributed by atoms with Crippen molar-refractivity contribution in [3.05, 3.63) is 0 Å². The van der Waals surface area contributed by atoms with E-state index in [0.29, 0.717) is 13.2 Å². The molecule has 0 aromatic rings. The van der Waals surface area contributed by atoms with Crippen LogP contribution in [0.1, 0.15) is 32.6 Å². The van der Waals surface area contributed by atoms with E-state index in [0.717, 1.165) is 32.3 Å². The largest absolute Gasteiger partial charge is 0.389 e. The summed E-state index contributed by atoms with van der Waals surface area (Å²) in [6.45, 7) is 4.12. The third-order valence-corrected chi connectivity index (χ3v) is 3.11. The van der Waals surface area contributed by atoms with Gasteiger partial charge in [0.2, 0.25) is 0 Å². The molecule has 3 nitrogen and oxygen atoms in total. The maximum atomic E-state index is 10.4. The lowest BCUT2D eigenvalue weighted by atomic mass is 9.80. The summed E-state index contributed by atoms with van der Waals surface area (Å²) in [5.41, 5.74) is 5.08. The monoisotopic (exact) mass is 187 g/mol. The molecule has 13 heavy (non-hydrogen) atoms. The molecule has 1 saturated heterocycles. The highest BCUT2D eigenvalue weighted by molar-refractivity contribution is 4.87. The van der Waals surface area contributed by atoms with Crippen LogP contribution in [-0.4, -0.2) is 30.5 Å². The van der Waals surface area contributed by atoms with E-state index in [9.17, 15) is 5.11 Å². The Morgan fingerprint density at radius 2 is 2.23 bits per heavy atom. The maximum Gasteiger partial charge on any atom is 0.0710 e. The molecule has 2 unspecified atom stereocenters. The molecule has 1 heterocycles. The van der Waals surface area contributed by atoms with Crippen molar-refractivity contribution in [1.29, 1.82) is 0 Å². The molecule has 1 fully saturated rings. The van der Waals surface area contributed by atoms with Gasteiger partial charge in [-0.05, 0) is 38.1 Å². The molecule has 0 amide bonds. The van der Waals surface area contributed by atoms with Crippen molar-refractivity contribution in [2.45, 2.75) is 38.2 Å². The van der Waals surface area contributed by atoms with Gasteiger partial charge in [0.1, 0.15) is 0 Å². The first kappa shape index (κ1) is 11.0. The van der Waals surface area contributed by atoms with Crippen LogP contribution >= 0.6 is 0 Å². The number of ether oxygens (including phenoxy) is 1. The molecule has 0 radical (unpaired) electrons. The zero-order valence-electron chi connectivity index (χ0n) is 8.46. The lowest BCUT2D eigenvalue weighted by Gasteiger charge is -2.33. The zero-order chi connectivity index (χ0) is 9.73. The fourth-order valence-electron chi connectivity index (χ4n) is 2.13. The molecule has 0 saturated carbocycles. The number of rotatable bonds is 3. The molecule has 0 bridgehead atoms. The van der Waals surface area contributed by atoms with Crippen molar-refractivity contribution < 1.29 is 9.84 Å². The van der Waals surface area contributed by atoms with Crippen LogP contribution in [0.15, 0.2) is 0 Å². The Balaban J connectivity index is 2.58. The Bertz CT molecular complexity index is 138. The average Bonchev–Trinajstić information content (AvgIpc) is 2.33. The zero-order valence-corrected chi connectivity index (χ0v) is 8.46. The van der Waals surface area contributed by atoms with Gasteiger partial charge in [0.15, 0.2) is 0 Å². The highest BCUT2D eigenvalue weighted by Crippen LogP contribution is 2.30. The Labute approximate surface area is 80.3 Å². The summed E-state index contributed by atoms with van der Waals surface area (Å²) in [7, 11) is 0. The third-order valence-electron chi connectivity index (χ3n) is 3.11. The molecule has 0 aromatic heterocycles. The van der Waals surface area contributed by atoms with Crippen molar-refractivity contribution in [3.63, 3.8) is 0 Å². The first-order valence-electron chi connectivity index (χ1n) is 5.23. The summed E-state index contributed by atoms with van der Waals surface area (Å²) in [6, 6.07) is 0. The van der Waals surface area contributed by atoms with E-state index in [1.165, 1.54) is 0 Å². The van der Waals surface area contributed by atoms with Crippen LogP contribution in [-0.2, 0) is 4.74 Å². The van der Waals surface area contributed by atoms with Crippen LogP contribution in [0.3, 0.4) is 0 Å². The van der Waals surface area contributed by atoms with Crippen LogP contribution in [0.4, 0.5) is 0 Å². The van der Waals surface area contributed by atoms with E-state index in [2.05, 4.69) is 6.92 Å². The molecule has 78 valence electrons. The van der Waals surface area contributed by atoms with Gasteiger partial charge in [-0.3, -0.25) is 0 Å². The summed E-state index contributed by atoms with van der Waals surface area (Å²) < 4.78 is 5.33. The molecular weight excluding hydrogens is 166 g/mol. The Morgan fingerprint density at radius 1 is 1.46 bits per heavy atom. The van der Waals surface area contributed by atoms with Gasteiger partial charge in [0, 0.05) is 13.2 Å². The first-order valence-corrected chi connectivity index (χ1v) is 5.23. The predicted octanol–water partition coefficient (Wildman–Crippen LogP) is 0.903. The van der Waals surface area contributed by atoms with Gasteiger partial charge in [-0.1, -0.05) is 6.92 Å². The minimum atomic E-state index is -0.569. The number of hydrogen-bond donors (Lipinski definition) is 2. The maximum absolute atomic E-state index is 10.4. The van der Waals surface area contributed by atoms with Gasteiger partial charge in [-0.25, -0.2) is 0 Å². The molecule has 1 rings (SSSR count). The highest BCUT2D eigenvalue weighted by atomic mass is 16.5. The third kappa shape index (κ3) is 2.66. The minimum Gasteiger partial charge on any atom is -0.389 e. The first-order chi connectivity index (χ1) is 6.23. The van der Waals surface area contributed by atoms with Crippen molar-refractivity contribution in [2.75, 3.05) is 19.8 Å². The molecule has 0 spiro atoms. The second kappa shape index (κ2) is 4.94. The van der Waals surface area contributed by atoms with Crippen LogP contribution in [0.2, 0.25) is 0 Å². The average molecular weight is 187 g/mol. The fourth-order valence-corrected chi connectivity index (χ4v) is 2.13. The lowest BCUT2D eigenvalue weighted by molar-refractivity contribution is -0.0335. The molecule has 2 atom stereocenters. The van der Waals surface area contributed by atoms with Crippen molar-refractivity contribution in [3.8, 4) is 0 Å². The van der Waals surface area contributed by atoms with Crippen molar-refractivity contribution >= 4 is 0 Å². The van der Waals surface area contributed by atoms with E-state index >= 15 is 0 Å². The van der Waals surface area contributed by atoms with E-state index in [1.807, 2.05) is 0 Å². The number of nitrogens with two attached hydrogens (primary N) is 1. The van der Waals surface area contributed by atoms with Crippen molar-refractivity contribution in [1.82, 2.24) is 0 Å². The van der Waals surface area contributed by atoms with Gasteiger partial charge in [0.25, 0.3) is 0 Å². The van der Waals surface area contributed by atoms with E-state index < -0.39 is 5.60 Å². The number of aliphatic hydroxyl groups is 1. The summed E-state index contributed by atoms with van der Waals surface area (Å²) in [5, 5.41) is 10.4. The predicted molar refractivity (Wildman–Crippen MR) is 52.5 cm³/mol. The van der Waals surface area contributed by atoms with E-state index in [-0.39, 0.29) is 5.92 Å².